The van der Waals surface area contributed by atoms with Gasteiger partial charge in [0.2, 0.25) is 0 Å². The van der Waals surface area contributed by atoms with Gasteiger partial charge in [0.25, 0.3) is 0 Å². The number of fused-ring (bicyclic) bond motifs is 1. The summed E-state index contributed by atoms with van der Waals surface area (Å²) in [5.41, 5.74) is 0.909. The lowest BCUT2D eigenvalue weighted by atomic mass is 10.2. The molecule has 0 aliphatic carbocycles. The lowest BCUT2D eigenvalue weighted by Crippen LogP contribution is -2.32. The Morgan fingerprint density at radius 2 is 1.92 bits per heavy atom. The van der Waals surface area contributed by atoms with E-state index in [1.807, 2.05) is 24.3 Å². The minimum Gasteiger partial charge on any atom is -0.489 e. The van der Waals surface area contributed by atoms with Gasteiger partial charge in [-0.3, -0.25) is 4.98 Å². The Morgan fingerprint density at radius 3 is 2.76 bits per heavy atom. The van der Waals surface area contributed by atoms with Crippen molar-refractivity contribution < 1.29 is 18.3 Å². The number of para-hydroxylation sites is 1. The number of rotatable bonds is 5. The number of pyridine rings is 1. The van der Waals surface area contributed by atoms with Gasteiger partial charge in [-0.25, -0.2) is 13.6 Å². The van der Waals surface area contributed by atoms with Gasteiger partial charge in [-0.15, -0.1) is 0 Å². The number of carbonyl (C=O) groups excluding carboxylic acids is 1. The predicted octanol–water partition coefficient (Wildman–Crippen LogP) is 3.71. The fourth-order valence-electron chi connectivity index (χ4n) is 2.27. The largest absolute Gasteiger partial charge is 0.489 e. The average Bonchev–Trinajstić information content (AvgIpc) is 2.62. The monoisotopic (exact) mass is 343 g/mol. The molecule has 7 heteroatoms. The van der Waals surface area contributed by atoms with Crippen molar-refractivity contribution >= 4 is 22.6 Å². The number of hydrogen-bond donors (Lipinski definition) is 2. The second-order valence-electron chi connectivity index (χ2n) is 5.19. The standard InChI is InChI=1S/C18H15F2N3O2/c19-14-7-6-13(11-15(14)20)23-18(24)22-9-10-25-16-5-1-3-12-4-2-8-21-17(12)16/h1-8,11H,9-10H2,(H2,22,23,24). The van der Waals surface area contributed by atoms with E-state index in [-0.39, 0.29) is 18.8 Å². The number of nitrogens with zero attached hydrogens (tertiary/aromatic N) is 1. The van der Waals surface area contributed by atoms with Crippen molar-refractivity contribution in [3.8, 4) is 5.75 Å². The molecule has 2 aromatic carbocycles. The molecule has 1 heterocycles. The third-order valence-electron chi connectivity index (χ3n) is 3.42. The Bertz CT molecular complexity index is 897. The third-order valence-corrected chi connectivity index (χ3v) is 3.42. The van der Waals surface area contributed by atoms with E-state index in [0.29, 0.717) is 5.75 Å². The van der Waals surface area contributed by atoms with E-state index in [1.165, 1.54) is 6.07 Å². The molecule has 2 amide bonds. The van der Waals surface area contributed by atoms with E-state index in [2.05, 4.69) is 15.6 Å². The van der Waals surface area contributed by atoms with E-state index >= 15 is 0 Å². The topological polar surface area (TPSA) is 63.2 Å². The Hall–Kier alpha value is -3.22. The zero-order chi connectivity index (χ0) is 17.6. The highest BCUT2D eigenvalue weighted by atomic mass is 19.2. The maximum Gasteiger partial charge on any atom is 0.319 e. The van der Waals surface area contributed by atoms with Crippen LogP contribution >= 0.6 is 0 Å². The van der Waals surface area contributed by atoms with Crippen molar-refractivity contribution in [2.24, 2.45) is 0 Å². The van der Waals surface area contributed by atoms with Crippen LogP contribution in [0.3, 0.4) is 0 Å². The molecule has 0 radical (unpaired) electrons. The number of amides is 2. The summed E-state index contributed by atoms with van der Waals surface area (Å²) in [4.78, 5) is 16.0. The van der Waals surface area contributed by atoms with Crippen molar-refractivity contribution in [3.63, 3.8) is 0 Å². The average molecular weight is 343 g/mol. The molecule has 25 heavy (non-hydrogen) atoms. The van der Waals surface area contributed by atoms with Gasteiger partial charge in [0, 0.05) is 23.3 Å². The van der Waals surface area contributed by atoms with Crippen LogP contribution in [0.2, 0.25) is 0 Å². The highest BCUT2D eigenvalue weighted by molar-refractivity contribution is 5.89. The SMILES string of the molecule is O=C(NCCOc1cccc2cccnc12)Nc1ccc(F)c(F)c1. The summed E-state index contributed by atoms with van der Waals surface area (Å²) in [6.07, 6.45) is 1.68. The Labute approximate surface area is 142 Å². The van der Waals surface area contributed by atoms with Crippen LogP contribution in [0.4, 0.5) is 19.3 Å². The van der Waals surface area contributed by atoms with Crippen LogP contribution in [0, 0.1) is 11.6 Å². The summed E-state index contributed by atoms with van der Waals surface area (Å²) in [7, 11) is 0. The van der Waals surface area contributed by atoms with Crippen LogP contribution in [0.15, 0.2) is 54.7 Å². The number of halogens is 2. The molecule has 5 nitrogen and oxygen atoms in total. The van der Waals surface area contributed by atoms with Gasteiger partial charge in [0.05, 0.1) is 6.54 Å². The van der Waals surface area contributed by atoms with Crippen molar-refractivity contribution in [1.29, 1.82) is 0 Å². The first-order valence-corrected chi connectivity index (χ1v) is 7.60. The molecule has 0 aliphatic heterocycles. The molecule has 0 saturated heterocycles. The smallest absolute Gasteiger partial charge is 0.319 e. The summed E-state index contributed by atoms with van der Waals surface area (Å²) in [5, 5.41) is 5.95. The number of nitrogens with one attached hydrogen (secondary N) is 2. The van der Waals surface area contributed by atoms with Crippen LogP contribution < -0.4 is 15.4 Å². The molecule has 3 aromatic rings. The number of urea groups is 1. The lowest BCUT2D eigenvalue weighted by Gasteiger charge is -2.10. The highest BCUT2D eigenvalue weighted by Crippen LogP contribution is 2.22. The summed E-state index contributed by atoms with van der Waals surface area (Å²) >= 11 is 0. The molecule has 0 fully saturated rings. The van der Waals surface area contributed by atoms with Gasteiger partial charge in [0.15, 0.2) is 11.6 Å². The Balaban J connectivity index is 1.49. The molecule has 128 valence electrons. The normalized spacial score (nSPS) is 10.5. The van der Waals surface area contributed by atoms with E-state index in [9.17, 15) is 13.6 Å². The second-order valence-corrected chi connectivity index (χ2v) is 5.19. The first kappa shape index (κ1) is 16.6. The first-order chi connectivity index (χ1) is 12.1. The molecule has 0 saturated carbocycles. The zero-order valence-corrected chi connectivity index (χ0v) is 13.1. The number of carbonyl (C=O) groups is 1. The molecule has 0 bridgehead atoms. The summed E-state index contributed by atoms with van der Waals surface area (Å²) < 4.78 is 31.6. The second kappa shape index (κ2) is 7.57. The lowest BCUT2D eigenvalue weighted by molar-refractivity contribution is 0.247. The zero-order valence-electron chi connectivity index (χ0n) is 13.1. The van der Waals surface area contributed by atoms with E-state index in [1.54, 1.807) is 12.3 Å². The van der Waals surface area contributed by atoms with E-state index in [0.717, 1.165) is 23.0 Å². The van der Waals surface area contributed by atoms with Crippen LogP contribution in [0.25, 0.3) is 10.9 Å². The maximum atomic E-state index is 13.1. The van der Waals surface area contributed by atoms with Crippen LogP contribution in [0.5, 0.6) is 5.75 Å². The quantitative estimate of drug-likeness (QED) is 0.694. The highest BCUT2D eigenvalue weighted by Gasteiger charge is 2.06. The minimum absolute atomic E-state index is 0.163. The summed E-state index contributed by atoms with van der Waals surface area (Å²) in [5.74, 6) is -1.37. The first-order valence-electron chi connectivity index (χ1n) is 7.60. The van der Waals surface area contributed by atoms with Gasteiger partial charge in [0.1, 0.15) is 17.9 Å². The van der Waals surface area contributed by atoms with Crippen molar-refractivity contribution in [2.45, 2.75) is 0 Å². The van der Waals surface area contributed by atoms with Gasteiger partial charge in [-0.1, -0.05) is 18.2 Å². The third kappa shape index (κ3) is 4.20. The summed E-state index contributed by atoms with van der Waals surface area (Å²) in [6.45, 7) is 0.472. The molecule has 1 aromatic heterocycles. The molecule has 0 aliphatic rings. The minimum atomic E-state index is -1.02. The molecular formula is C18H15F2N3O2. The van der Waals surface area contributed by atoms with Crippen molar-refractivity contribution in [1.82, 2.24) is 10.3 Å². The molecule has 0 unspecified atom stereocenters. The van der Waals surface area contributed by atoms with Crippen LogP contribution in [-0.2, 0) is 0 Å². The van der Waals surface area contributed by atoms with Crippen LogP contribution in [-0.4, -0.2) is 24.2 Å². The van der Waals surface area contributed by atoms with E-state index in [4.69, 9.17) is 4.74 Å². The number of ether oxygens (including phenoxy) is 1. The van der Waals surface area contributed by atoms with Gasteiger partial charge < -0.3 is 15.4 Å². The molecule has 3 rings (SSSR count). The number of hydrogen-bond acceptors (Lipinski definition) is 3. The number of aromatic nitrogens is 1. The molecule has 0 atom stereocenters. The van der Waals surface area contributed by atoms with Gasteiger partial charge in [-0.2, -0.15) is 0 Å². The molecular weight excluding hydrogens is 328 g/mol. The summed E-state index contributed by atoms with van der Waals surface area (Å²) in [6, 6.07) is 12.0. The number of benzene rings is 2. The molecule has 2 N–H and O–H groups in total. The van der Waals surface area contributed by atoms with Gasteiger partial charge in [-0.05, 0) is 24.3 Å². The van der Waals surface area contributed by atoms with E-state index < -0.39 is 17.7 Å². The maximum absolute atomic E-state index is 13.1. The fraction of sp³-hybridized carbons (Fsp3) is 0.111. The fourth-order valence-corrected chi connectivity index (χ4v) is 2.27. The number of anilines is 1. The van der Waals surface area contributed by atoms with Gasteiger partial charge >= 0.3 is 6.03 Å². The Morgan fingerprint density at radius 1 is 1.08 bits per heavy atom. The van der Waals surface area contributed by atoms with Crippen molar-refractivity contribution in [3.05, 3.63) is 66.4 Å². The Kier molecular flexibility index (Phi) is 5.03. The predicted molar refractivity (Wildman–Crippen MR) is 90.6 cm³/mol. The van der Waals surface area contributed by atoms with Crippen LogP contribution in [0.1, 0.15) is 0 Å². The van der Waals surface area contributed by atoms with Crippen molar-refractivity contribution in [2.75, 3.05) is 18.5 Å². The molecule has 0 spiro atoms.